The van der Waals surface area contributed by atoms with Crippen molar-refractivity contribution >= 4 is 11.8 Å². The first kappa shape index (κ1) is 25.6. The van der Waals surface area contributed by atoms with Crippen molar-refractivity contribution in [3.05, 3.63) is 108 Å². The molecule has 1 aliphatic heterocycles. The van der Waals surface area contributed by atoms with Crippen molar-refractivity contribution in [2.75, 3.05) is 39.4 Å². The number of nitrogens with one attached hydrogen (secondary N) is 1. The first-order valence-corrected chi connectivity index (χ1v) is 12.7. The van der Waals surface area contributed by atoms with Gasteiger partial charge in [-0.25, -0.2) is 0 Å². The Morgan fingerprint density at radius 2 is 1.36 bits per heavy atom. The van der Waals surface area contributed by atoms with Crippen LogP contribution >= 0.6 is 0 Å². The molecule has 0 saturated carbocycles. The second kappa shape index (κ2) is 13.6. The molecule has 0 aliphatic carbocycles. The monoisotopic (exact) mass is 485 g/mol. The molecule has 0 radical (unpaired) electrons. The zero-order valence-electron chi connectivity index (χ0n) is 20.7. The highest BCUT2D eigenvalue weighted by atomic mass is 16.5. The molecule has 3 aromatic carbocycles. The van der Waals surface area contributed by atoms with Crippen molar-refractivity contribution in [2.45, 2.75) is 25.4 Å². The minimum atomic E-state index is -0.617. The first-order chi connectivity index (χ1) is 17.7. The third kappa shape index (κ3) is 7.77. The maximum Gasteiger partial charge on any atom is 0.243 e. The molecule has 1 atom stereocenters. The Labute approximate surface area is 213 Å². The van der Waals surface area contributed by atoms with Crippen LogP contribution in [0.2, 0.25) is 0 Å². The highest BCUT2D eigenvalue weighted by Gasteiger charge is 2.30. The smallest absolute Gasteiger partial charge is 0.243 e. The van der Waals surface area contributed by atoms with Crippen LogP contribution in [-0.2, 0) is 33.7 Å². The summed E-state index contributed by atoms with van der Waals surface area (Å²) in [6.07, 6.45) is 0.706. The summed E-state index contributed by atoms with van der Waals surface area (Å²) in [6.45, 7) is 4.88. The van der Waals surface area contributed by atoms with E-state index in [1.165, 1.54) is 0 Å². The van der Waals surface area contributed by atoms with Crippen molar-refractivity contribution in [3.8, 4) is 0 Å². The van der Waals surface area contributed by atoms with E-state index in [0.717, 1.165) is 49.5 Å². The van der Waals surface area contributed by atoms with Gasteiger partial charge in [-0.05, 0) is 16.7 Å². The van der Waals surface area contributed by atoms with Gasteiger partial charge in [-0.15, -0.1) is 0 Å². The van der Waals surface area contributed by atoms with Crippen LogP contribution < -0.4 is 5.32 Å². The van der Waals surface area contributed by atoms with Gasteiger partial charge in [0.2, 0.25) is 11.8 Å². The normalized spacial score (nSPS) is 14.7. The molecule has 4 rings (SSSR count). The summed E-state index contributed by atoms with van der Waals surface area (Å²) in [6, 6.07) is 28.9. The number of amides is 2. The van der Waals surface area contributed by atoms with Crippen LogP contribution in [0.3, 0.4) is 0 Å². The van der Waals surface area contributed by atoms with Crippen LogP contribution in [0.25, 0.3) is 0 Å². The lowest BCUT2D eigenvalue weighted by Gasteiger charge is -2.32. The third-order valence-electron chi connectivity index (χ3n) is 6.50. The Hall–Kier alpha value is -3.48. The summed E-state index contributed by atoms with van der Waals surface area (Å²) < 4.78 is 5.42. The molecular weight excluding hydrogens is 450 g/mol. The number of carbonyl (C=O) groups is 2. The van der Waals surface area contributed by atoms with Crippen molar-refractivity contribution in [3.63, 3.8) is 0 Å². The summed E-state index contributed by atoms with van der Waals surface area (Å²) in [5.74, 6) is -0.182. The van der Waals surface area contributed by atoms with Crippen LogP contribution in [0.15, 0.2) is 91.0 Å². The van der Waals surface area contributed by atoms with Crippen LogP contribution in [0.1, 0.15) is 16.7 Å². The SMILES string of the molecule is O=C(NCCN1CCOCC1)C(Cc1ccccc1)N(Cc1ccccc1)C(=O)Cc1ccccc1. The number of benzene rings is 3. The summed E-state index contributed by atoms with van der Waals surface area (Å²) >= 11 is 0. The maximum absolute atomic E-state index is 13.7. The molecule has 0 aromatic heterocycles. The van der Waals surface area contributed by atoms with Crippen LogP contribution in [0, 0.1) is 0 Å². The highest BCUT2D eigenvalue weighted by Crippen LogP contribution is 2.16. The number of hydrogen-bond acceptors (Lipinski definition) is 4. The zero-order valence-corrected chi connectivity index (χ0v) is 20.7. The van der Waals surface area contributed by atoms with Crippen molar-refractivity contribution in [2.24, 2.45) is 0 Å². The van der Waals surface area contributed by atoms with E-state index in [9.17, 15) is 9.59 Å². The molecule has 6 heteroatoms. The fourth-order valence-electron chi connectivity index (χ4n) is 4.49. The average Bonchev–Trinajstić information content (AvgIpc) is 2.93. The molecule has 2 amide bonds. The van der Waals surface area contributed by atoms with Crippen molar-refractivity contribution < 1.29 is 14.3 Å². The number of hydrogen-bond donors (Lipinski definition) is 1. The number of rotatable bonds is 11. The lowest BCUT2D eigenvalue weighted by Crippen LogP contribution is -2.52. The minimum Gasteiger partial charge on any atom is -0.379 e. The molecule has 0 bridgehead atoms. The minimum absolute atomic E-state index is 0.0608. The van der Waals surface area contributed by atoms with E-state index in [4.69, 9.17) is 4.74 Å². The Balaban J connectivity index is 1.55. The van der Waals surface area contributed by atoms with Gasteiger partial charge in [-0.3, -0.25) is 14.5 Å². The largest absolute Gasteiger partial charge is 0.379 e. The van der Waals surface area contributed by atoms with Gasteiger partial charge in [0.25, 0.3) is 0 Å². The van der Waals surface area contributed by atoms with Crippen molar-refractivity contribution in [1.82, 2.24) is 15.1 Å². The Kier molecular flexibility index (Phi) is 9.65. The summed E-state index contributed by atoms with van der Waals surface area (Å²) in [7, 11) is 0. The van der Waals surface area contributed by atoms with Crippen LogP contribution in [0.5, 0.6) is 0 Å². The second-order valence-electron chi connectivity index (χ2n) is 9.12. The Morgan fingerprint density at radius 3 is 1.97 bits per heavy atom. The average molecular weight is 486 g/mol. The predicted octanol–water partition coefficient (Wildman–Crippen LogP) is 3.32. The zero-order chi connectivity index (χ0) is 25.0. The Bertz CT molecular complexity index is 1070. The van der Waals surface area contributed by atoms with Gasteiger partial charge in [0.15, 0.2) is 0 Å². The van der Waals surface area contributed by atoms with Crippen LogP contribution in [0.4, 0.5) is 0 Å². The Morgan fingerprint density at radius 1 is 0.806 bits per heavy atom. The van der Waals surface area contributed by atoms with Crippen LogP contribution in [-0.4, -0.2) is 67.0 Å². The number of ether oxygens (including phenoxy) is 1. The molecular formula is C30H35N3O3. The van der Waals surface area contributed by atoms with Gasteiger partial charge in [0.05, 0.1) is 19.6 Å². The molecule has 1 unspecified atom stereocenters. The van der Waals surface area contributed by atoms with Crippen molar-refractivity contribution in [1.29, 1.82) is 0 Å². The van der Waals surface area contributed by atoms with Gasteiger partial charge >= 0.3 is 0 Å². The molecule has 0 spiro atoms. The topological polar surface area (TPSA) is 61.9 Å². The lowest BCUT2D eigenvalue weighted by atomic mass is 10.0. The van der Waals surface area contributed by atoms with E-state index in [1.807, 2.05) is 91.0 Å². The van der Waals surface area contributed by atoms with Gasteiger partial charge < -0.3 is 15.0 Å². The number of carbonyl (C=O) groups excluding carboxylic acids is 2. The lowest BCUT2D eigenvalue weighted by molar-refractivity contribution is -0.140. The first-order valence-electron chi connectivity index (χ1n) is 12.7. The van der Waals surface area contributed by atoms with E-state index in [0.29, 0.717) is 19.5 Å². The molecule has 1 N–H and O–H groups in total. The summed E-state index contributed by atoms with van der Waals surface area (Å²) in [5, 5.41) is 3.12. The van der Waals surface area contributed by atoms with Gasteiger partial charge in [-0.1, -0.05) is 91.0 Å². The molecule has 36 heavy (non-hydrogen) atoms. The molecule has 1 aliphatic rings. The maximum atomic E-state index is 13.7. The van der Waals surface area contributed by atoms with E-state index in [2.05, 4.69) is 10.2 Å². The van der Waals surface area contributed by atoms with Gasteiger partial charge in [0, 0.05) is 39.1 Å². The van der Waals surface area contributed by atoms with Gasteiger partial charge in [0.1, 0.15) is 6.04 Å². The van der Waals surface area contributed by atoms with E-state index < -0.39 is 6.04 Å². The van der Waals surface area contributed by atoms with E-state index in [1.54, 1.807) is 4.90 Å². The standard InChI is InChI=1S/C30H35N3O3/c34-29(23-26-12-6-2-7-13-26)33(24-27-14-8-3-9-15-27)28(22-25-10-4-1-5-11-25)30(35)31-16-17-32-18-20-36-21-19-32/h1-15,28H,16-24H2,(H,31,35). The van der Waals surface area contributed by atoms with E-state index in [-0.39, 0.29) is 18.2 Å². The molecule has 188 valence electrons. The quantitative estimate of drug-likeness (QED) is 0.453. The summed E-state index contributed by atoms with van der Waals surface area (Å²) in [5.41, 5.74) is 2.96. The molecule has 1 saturated heterocycles. The third-order valence-corrected chi connectivity index (χ3v) is 6.50. The number of morpholine rings is 1. The fourth-order valence-corrected chi connectivity index (χ4v) is 4.49. The highest BCUT2D eigenvalue weighted by molar-refractivity contribution is 5.88. The molecule has 3 aromatic rings. The fraction of sp³-hybridized carbons (Fsp3) is 0.333. The molecule has 1 heterocycles. The summed E-state index contributed by atoms with van der Waals surface area (Å²) in [4.78, 5) is 31.4. The molecule has 1 fully saturated rings. The second-order valence-corrected chi connectivity index (χ2v) is 9.12. The van der Waals surface area contributed by atoms with E-state index >= 15 is 0 Å². The molecule has 6 nitrogen and oxygen atoms in total. The van der Waals surface area contributed by atoms with Gasteiger partial charge in [-0.2, -0.15) is 0 Å². The predicted molar refractivity (Wildman–Crippen MR) is 141 cm³/mol. The number of nitrogens with zero attached hydrogens (tertiary/aromatic N) is 2.